The summed E-state index contributed by atoms with van der Waals surface area (Å²) in [5.41, 5.74) is 6.34. The molecule has 0 unspecified atom stereocenters. The van der Waals surface area contributed by atoms with E-state index in [9.17, 15) is 13.2 Å². The number of carbonyl (C=O) groups is 1. The lowest BCUT2D eigenvalue weighted by Crippen LogP contribution is -2.16. The molecule has 0 saturated heterocycles. The molecule has 1 aromatic rings. The molecule has 9 heteroatoms. The number of rotatable bonds is 8. The number of carbonyl (C=O) groups excluding carboxylic acids is 1. The van der Waals surface area contributed by atoms with Gasteiger partial charge < -0.3 is 15.8 Å². The summed E-state index contributed by atoms with van der Waals surface area (Å²) in [6.07, 6.45) is 1.85. The van der Waals surface area contributed by atoms with E-state index in [0.29, 0.717) is 15.6 Å². The number of hydrogen-bond donors (Lipinski definition) is 2. The molecule has 0 aliphatic heterocycles. The van der Waals surface area contributed by atoms with Crippen LogP contribution < -0.4 is 11.1 Å². The molecular weight excluding hydrogens is 332 g/mol. The summed E-state index contributed by atoms with van der Waals surface area (Å²) in [6.45, 7) is 3.91. The standard InChI is InChI=1S/C12H20N2O4S3/c1-4-18-12(15)10-8(13)9(19-3)11(20-10)14-6-7-21(16,17)5-2/h14H,4-7,13H2,1-3H3. The van der Waals surface area contributed by atoms with Gasteiger partial charge in [0.05, 0.1) is 22.9 Å². The van der Waals surface area contributed by atoms with Crippen LogP contribution in [0.15, 0.2) is 4.90 Å². The molecule has 0 aliphatic carbocycles. The third-order valence-electron chi connectivity index (χ3n) is 2.70. The van der Waals surface area contributed by atoms with Gasteiger partial charge in [-0.15, -0.1) is 23.1 Å². The summed E-state index contributed by atoms with van der Waals surface area (Å²) in [5, 5.41) is 3.75. The quantitative estimate of drug-likeness (QED) is 0.546. The molecule has 1 heterocycles. The SMILES string of the molecule is CCOC(=O)c1sc(NCCS(=O)(=O)CC)c(SC)c1N. The van der Waals surface area contributed by atoms with Gasteiger partial charge in [-0.2, -0.15) is 0 Å². The van der Waals surface area contributed by atoms with E-state index in [0.717, 1.165) is 4.90 Å². The highest BCUT2D eigenvalue weighted by Gasteiger charge is 2.21. The highest BCUT2D eigenvalue weighted by atomic mass is 32.2. The van der Waals surface area contributed by atoms with Crippen molar-refractivity contribution in [2.24, 2.45) is 0 Å². The van der Waals surface area contributed by atoms with Crippen molar-refractivity contribution in [1.82, 2.24) is 0 Å². The number of anilines is 2. The van der Waals surface area contributed by atoms with Crippen LogP contribution in [0.5, 0.6) is 0 Å². The minimum atomic E-state index is -3.03. The second kappa shape index (κ2) is 7.90. The molecule has 3 N–H and O–H groups in total. The maximum absolute atomic E-state index is 11.8. The van der Waals surface area contributed by atoms with E-state index in [1.165, 1.54) is 23.1 Å². The molecule has 6 nitrogen and oxygen atoms in total. The van der Waals surface area contributed by atoms with Gasteiger partial charge >= 0.3 is 5.97 Å². The number of thiophene rings is 1. The first-order valence-electron chi connectivity index (χ1n) is 6.43. The van der Waals surface area contributed by atoms with Gasteiger partial charge in [-0.1, -0.05) is 6.92 Å². The molecule has 0 aliphatic rings. The smallest absolute Gasteiger partial charge is 0.350 e. The van der Waals surface area contributed by atoms with E-state index >= 15 is 0 Å². The van der Waals surface area contributed by atoms with Crippen LogP contribution in [0.3, 0.4) is 0 Å². The topological polar surface area (TPSA) is 98.5 Å². The van der Waals surface area contributed by atoms with Crippen LogP contribution in [0.1, 0.15) is 23.5 Å². The highest BCUT2D eigenvalue weighted by molar-refractivity contribution is 7.99. The predicted molar refractivity (Wildman–Crippen MR) is 89.3 cm³/mol. The van der Waals surface area contributed by atoms with Gasteiger partial charge in [0.15, 0.2) is 9.84 Å². The Balaban J connectivity index is 2.87. The van der Waals surface area contributed by atoms with E-state index in [1.54, 1.807) is 13.8 Å². The average Bonchev–Trinajstić information content (AvgIpc) is 2.75. The van der Waals surface area contributed by atoms with Gasteiger partial charge in [0, 0.05) is 12.3 Å². The summed E-state index contributed by atoms with van der Waals surface area (Å²) in [6, 6.07) is 0. The number of nitrogens with two attached hydrogens (primary N) is 1. The maximum atomic E-state index is 11.8. The third-order valence-corrected chi connectivity index (χ3v) is 6.51. The fraction of sp³-hybridized carbons (Fsp3) is 0.583. The summed E-state index contributed by atoms with van der Waals surface area (Å²) in [4.78, 5) is 12.9. The number of nitrogens with one attached hydrogen (secondary N) is 1. The van der Waals surface area contributed by atoms with Crippen LogP contribution in [0.25, 0.3) is 0 Å². The van der Waals surface area contributed by atoms with Crippen LogP contribution in [-0.4, -0.2) is 45.3 Å². The van der Waals surface area contributed by atoms with Gasteiger partial charge in [0.2, 0.25) is 0 Å². The molecule has 0 radical (unpaired) electrons. The first-order valence-corrected chi connectivity index (χ1v) is 10.3. The normalized spacial score (nSPS) is 11.4. The van der Waals surface area contributed by atoms with Gasteiger partial charge in [-0.05, 0) is 13.2 Å². The maximum Gasteiger partial charge on any atom is 0.350 e. The lowest BCUT2D eigenvalue weighted by Gasteiger charge is -2.06. The molecule has 0 amide bonds. The van der Waals surface area contributed by atoms with Crippen molar-refractivity contribution in [2.75, 3.05) is 42.0 Å². The molecule has 0 saturated carbocycles. The molecular formula is C12H20N2O4S3. The van der Waals surface area contributed by atoms with E-state index in [2.05, 4.69) is 5.32 Å². The van der Waals surface area contributed by atoms with Crippen molar-refractivity contribution in [1.29, 1.82) is 0 Å². The van der Waals surface area contributed by atoms with Crippen molar-refractivity contribution in [2.45, 2.75) is 18.7 Å². The van der Waals surface area contributed by atoms with Crippen LogP contribution in [0.4, 0.5) is 10.7 Å². The van der Waals surface area contributed by atoms with Gasteiger partial charge in [-0.25, -0.2) is 13.2 Å². The molecule has 0 spiro atoms. The van der Waals surface area contributed by atoms with E-state index in [4.69, 9.17) is 10.5 Å². The molecule has 1 aromatic heterocycles. The third kappa shape index (κ3) is 4.79. The van der Waals surface area contributed by atoms with Crippen molar-refractivity contribution in [3.05, 3.63) is 4.88 Å². The van der Waals surface area contributed by atoms with Crippen molar-refractivity contribution in [3.8, 4) is 0 Å². The zero-order valence-corrected chi connectivity index (χ0v) is 14.7. The Morgan fingerprint density at radius 3 is 2.62 bits per heavy atom. The summed E-state index contributed by atoms with van der Waals surface area (Å²) < 4.78 is 27.9. The monoisotopic (exact) mass is 352 g/mol. The Morgan fingerprint density at radius 1 is 1.43 bits per heavy atom. The Labute approximate surface area is 133 Å². The van der Waals surface area contributed by atoms with Gasteiger partial charge in [-0.3, -0.25) is 0 Å². The second-order valence-corrected chi connectivity index (χ2v) is 8.40. The number of hydrogen-bond acceptors (Lipinski definition) is 8. The fourth-order valence-electron chi connectivity index (χ4n) is 1.56. The zero-order valence-electron chi connectivity index (χ0n) is 12.3. The molecule has 0 aromatic carbocycles. The van der Waals surface area contributed by atoms with E-state index in [1.807, 2.05) is 6.26 Å². The first-order chi connectivity index (χ1) is 9.86. The average molecular weight is 353 g/mol. The number of esters is 1. The predicted octanol–water partition coefficient (Wildman–Crippen LogP) is 2.08. The number of ether oxygens (including phenoxy) is 1. The molecule has 0 atom stereocenters. The van der Waals surface area contributed by atoms with Crippen LogP contribution in [0.2, 0.25) is 0 Å². The molecule has 21 heavy (non-hydrogen) atoms. The van der Waals surface area contributed by atoms with Gasteiger partial charge in [0.25, 0.3) is 0 Å². The fourth-order valence-corrected chi connectivity index (χ4v) is 4.22. The van der Waals surface area contributed by atoms with Crippen LogP contribution in [0, 0.1) is 0 Å². The van der Waals surface area contributed by atoms with E-state index < -0.39 is 15.8 Å². The summed E-state index contributed by atoms with van der Waals surface area (Å²) in [7, 11) is -3.03. The lowest BCUT2D eigenvalue weighted by molar-refractivity contribution is 0.0533. The van der Waals surface area contributed by atoms with Crippen LogP contribution in [-0.2, 0) is 14.6 Å². The number of sulfone groups is 1. The minimum absolute atomic E-state index is 0.0455. The molecule has 0 fully saturated rings. The first kappa shape index (κ1) is 18.1. The second-order valence-electron chi connectivity index (χ2n) is 4.09. The summed E-state index contributed by atoms with van der Waals surface area (Å²) >= 11 is 2.60. The lowest BCUT2D eigenvalue weighted by atomic mass is 10.4. The summed E-state index contributed by atoms with van der Waals surface area (Å²) in [5.74, 6) is -0.293. The van der Waals surface area contributed by atoms with Crippen molar-refractivity contribution >= 4 is 49.6 Å². The molecule has 1 rings (SSSR count). The van der Waals surface area contributed by atoms with E-state index in [-0.39, 0.29) is 24.7 Å². The Hall–Kier alpha value is -0.930. The highest BCUT2D eigenvalue weighted by Crippen LogP contribution is 2.41. The number of nitrogen functional groups attached to an aromatic ring is 1. The van der Waals surface area contributed by atoms with Gasteiger partial charge in [0.1, 0.15) is 9.88 Å². The molecule has 120 valence electrons. The Morgan fingerprint density at radius 2 is 2.10 bits per heavy atom. The largest absolute Gasteiger partial charge is 0.462 e. The minimum Gasteiger partial charge on any atom is -0.462 e. The number of thioether (sulfide) groups is 1. The Kier molecular flexibility index (Phi) is 6.82. The molecule has 0 bridgehead atoms. The zero-order chi connectivity index (χ0) is 16.0. The van der Waals surface area contributed by atoms with Crippen LogP contribution >= 0.6 is 23.1 Å². The van der Waals surface area contributed by atoms with Crippen molar-refractivity contribution < 1.29 is 17.9 Å². The Bertz CT molecular complexity index is 596. The van der Waals surface area contributed by atoms with Crippen molar-refractivity contribution in [3.63, 3.8) is 0 Å².